The number of hydrogen-bond donors (Lipinski definition) is 4. The predicted molar refractivity (Wildman–Crippen MR) is 50.7 cm³/mol. The van der Waals surface area contributed by atoms with Crippen LogP contribution >= 0.6 is 0 Å². The fourth-order valence-corrected chi connectivity index (χ4v) is 1.54. The molecule has 1 rings (SSSR count). The Kier molecular flexibility index (Phi) is 4.04. The Labute approximate surface area is 87.7 Å². The summed E-state index contributed by atoms with van der Waals surface area (Å²) in [6.07, 6.45) is -3.93. The molecule has 0 aromatic carbocycles. The minimum absolute atomic E-state index is 0.0472. The molecule has 5 unspecified atom stereocenters. The molecule has 1 aliphatic rings. The fourth-order valence-electron chi connectivity index (χ4n) is 1.54. The van der Waals surface area contributed by atoms with E-state index < -0.39 is 36.2 Å². The summed E-state index contributed by atoms with van der Waals surface area (Å²) in [4.78, 5) is 10.8. The lowest BCUT2D eigenvalue weighted by Crippen LogP contribution is -2.53. The van der Waals surface area contributed by atoms with Crippen molar-refractivity contribution in [3.8, 4) is 0 Å². The molecule has 1 amide bonds. The largest absolute Gasteiger partial charge is 0.388 e. The zero-order chi connectivity index (χ0) is 11.6. The molecule has 1 fully saturated rings. The molecule has 5 atom stereocenters. The van der Waals surface area contributed by atoms with Gasteiger partial charge in [0, 0.05) is 5.92 Å². The van der Waals surface area contributed by atoms with E-state index in [9.17, 15) is 20.1 Å². The molecule has 0 spiro atoms. The molecule has 5 N–H and O–H groups in total. The Morgan fingerprint density at radius 1 is 1.47 bits per heavy atom. The average Bonchev–Trinajstić information content (AvgIpc) is 2.18. The summed E-state index contributed by atoms with van der Waals surface area (Å²) in [7, 11) is 0. The van der Waals surface area contributed by atoms with Crippen LogP contribution in [0.15, 0.2) is 0 Å². The van der Waals surface area contributed by atoms with E-state index in [1.54, 1.807) is 6.92 Å². The van der Waals surface area contributed by atoms with Gasteiger partial charge in [-0.05, 0) is 6.42 Å². The van der Waals surface area contributed by atoms with Crippen molar-refractivity contribution in [2.24, 2.45) is 11.7 Å². The Morgan fingerprint density at radius 3 is 2.60 bits per heavy atom. The van der Waals surface area contributed by atoms with Crippen molar-refractivity contribution in [3.05, 3.63) is 0 Å². The van der Waals surface area contributed by atoms with Crippen LogP contribution in [0, 0.1) is 5.92 Å². The molecule has 1 saturated heterocycles. The van der Waals surface area contributed by atoms with Gasteiger partial charge in [0.15, 0.2) is 0 Å². The number of hydrogen-bond acceptors (Lipinski definition) is 5. The van der Waals surface area contributed by atoms with E-state index in [0.717, 1.165) is 0 Å². The van der Waals surface area contributed by atoms with E-state index in [-0.39, 0.29) is 13.0 Å². The number of rotatable bonds is 3. The van der Waals surface area contributed by atoms with Crippen LogP contribution in [-0.4, -0.2) is 52.2 Å². The second-order valence-electron chi connectivity index (χ2n) is 3.96. The number of amides is 1. The number of aliphatic hydroxyl groups is 3. The number of carbonyl (C=O) groups excluding carboxylic acids is 1. The van der Waals surface area contributed by atoms with Gasteiger partial charge < -0.3 is 25.8 Å². The van der Waals surface area contributed by atoms with Crippen molar-refractivity contribution in [1.29, 1.82) is 0 Å². The summed E-state index contributed by atoms with van der Waals surface area (Å²) >= 11 is 0. The first kappa shape index (κ1) is 12.4. The van der Waals surface area contributed by atoms with Crippen LogP contribution in [-0.2, 0) is 9.53 Å². The third-order valence-electron chi connectivity index (χ3n) is 2.68. The monoisotopic (exact) mass is 219 g/mol. The van der Waals surface area contributed by atoms with Crippen LogP contribution in [0.5, 0.6) is 0 Å². The SMILES string of the molecule is CC(CC1OCC(O)C(O)C1O)C(N)=O. The van der Waals surface area contributed by atoms with Crippen molar-refractivity contribution >= 4 is 5.91 Å². The van der Waals surface area contributed by atoms with Gasteiger partial charge in [0.25, 0.3) is 0 Å². The van der Waals surface area contributed by atoms with E-state index in [1.807, 2.05) is 0 Å². The quantitative estimate of drug-likeness (QED) is 0.437. The van der Waals surface area contributed by atoms with Gasteiger partial charge in [0.1, 0.15) is 18.3 Å². The van der Waals surface area contributed by atoms with Crippen molar-refractivity contribution in [2.75, 3.05) is 6.61 Å². The van der Waals surface area contributed by atoms with Crippen molar-refractivity contribution in [2.45, 2.75) is 37.8 Å². The highest BCUT2D eigenvalue weighted by Crippen LogP contribution is 2.21. The second kappa shape index (κ2) is 4.89. The normalized spacial score (nSPS) is 38.7. The molecule has 6 nitrogen and oxygen atoms in total. The van der Waals surface area contributed by atoms with Crippen LogP contribution in [0.1, 0.15) is 13.3 Å². The molecule has 0 bridgehead atoms. The van der Waals surface area contributed by atoms with Crippen LogP contribution in [0.2, 0.25) is 0 Å². The molecule has 0 radical (unpaired) electrons. The standard InChI is InChI=1S/C9H17NO5/c1-4(9(10)14)2-6-8(13)7(12)5(11)3-15-6/h4-8,11-13H,2-3H2,1H3,(H2,10,14). The minimum Gasteiger partial charge on any atom is -0.388 e. The first-order valence-corrected chi connectivity index (χ1v) is 4.88. The van der Waals surface area contributed by atoms with Gasteiger partial charge in [0.05, 0.1) is 12.7 Å². The average molecular weight is 219 g/mol. The predicted octanol–water partition coefficient (Wildman–Crippen LogP) is -2.02. The first-order valence-electron chi connectivity index (χ1n) is 4.88. The van der Waals surface area contributed by atoms with Crippen LogP contribution in [0.4, 0.5) is 0 Å². The van der Waals surface area contributed by atoms with E-state index in [1.165, 1.54) is 0 Å². The number of carbonyl (C=O) groups is 1. The second-order valence-corrected chi connectivity index (χ2v) is 3.96. The number of ether oxygens (including phenoxy) is 1. The molecule has 88 valence electrons. The lowest BCUT2D eigenvalue weighted by Gasteiger charge is -2.36. The minimum atomic E-state index is -1.23. The maximum absolute atomic E-state index is 10.8. The zero-order valence-electron chi connectivity index (χ0n) is 8.54. The van der Waals surface area contributed by atoms with Crippen LogP contribution < -0.4 is 5.73 Å². The molecule has 0 aliphatic carbocycles. The number of nitrogens with two attached hydrogens (primary N) is 1. The third-order valence-corrected chi connectivity index (χ3v) is 2.68. The molecule has 0 saturated carbocycles. The maximum atomic E-state index is 10.8. The molecule has 15 heavy (non-hydrogen) atoms. The van der Waals surface area contributed by atoms with E-state index in [2.05, 4.69) is 0 Å². The molecule has 6 heteroatoms. The highest BCUT2D eigenvalue weighted by molar-refractivity contribution is 5.76. The smallest absolute Gasteiger partial charge is 0.220 e. The fraction of sp³-hybridized carbons (Fsp3) is 0.889. The number of aliphatic hydroxyl groups excluding tert-OH is 3. The lowest BCUT2D eigenvalue weighted by molar-refractivity contribution is -0.190. The van der Waals surface area contributed by atoms with Crippen molar-refractivity contribution in [1.82, 2.24) is 0 Å². The highest BCUT2D eigenvalue weighted by Gasteiger charge is 2.38. The van der Waals surface area contributed by atoms with Crippen molar-refractivity contribution < 1.29 is 24.9 Å². The number of primary amides is 1. The van der Waals surface area contributed by atoms with E-state index in [0.29, 0.717) is 0 Å². The summed E-state index contributed by atoms with van der Waals surface area (Å²) in [6, 6.07) is 0. The van der Waals surface area contributed by atoms with Gasteiger partial charge in [-0.15, -0.1) is 0 Å². The van der Waals surface area contributed by atoms with Gasteiger partial charge in [-0.2, -0.15) is 0 Å². The first-order chi connectivity index (χ1) is 6.93. The molecule has 0 aromatic rings. The summed E-state index contributed by atoms with van der Waals surface area (Å²) in [6.45, 7) is 1.57. The summed E-state index contributed by atoms with van der Waals surface area (Å²) < 4.78 is 5.13. The lowest BCUT2D eigenvalue weighted by atomic mass is 9.93. The Hall–Kier alpha value is -0.690. The Balaban J connectivity index is 2.53. The molecule has 1 heterocycles. The summed E-state index contributed by atoms with van der Waals surface area (Å²) in [5, 5.41) is 28.1. The van der Waals surface area contributed by atoms with Gasteiger partial charge >= 0.3 is 0 Å². The molecular formula is C9H17NO5. The van der Waals surface area contributed by atoms with Gasteiger partial charge in [-0.25, -0.2) is 0 Å². The third kappa shape index (κ3) is 2.88. The summed E-state index contributed by atoms with van der Waals surface area (Å²) in [5.41, 5.74) is 5.07. The van der Waals surface area contributed by atoms with Crippen LogP contribution in [0.3, 0.4) is 0 Å². The highest BCUT2D eigenvalue weighted by atomic mass is 16.5. The maximum Gasteiger partial charge on any atom is 0.220 e. The van der Waals surface area contributed by atoms with E-state index in [4.69, 9.17) is 10.5 Å². The van der Waals surface area contributed by atoms with E-state index >= 15 is 0 Å². The van der Waals surface area contributed by atoms with Gasteiger partial charge in [0.2, 0.25) is 5.91 Å². The van der Waals surface area contributed by atoms with Crippen molar-refractivity contribution in [3.63, 3.8) is 0 Å². The molecule has 0 aromatic heterocycles. The van der Waals surface area contributed by atoms with Gasteiger partial charge in [-0.1, -0.05) is 6.92 Å². The Morgan fingerprint density at radius 2 is 2.07 bits per heavy atom. The molecule has 1 aliphatic heterocycles. The van der Waals surface area contributed by atoms with Gasteiger partial charge in [-0.3, -0.25) is 4.79 Å². The zero-order valence-corrected chi connectivity index (χ0v) is 8.54. The molecular weight excluding hydrogens is 202 g/mol. The van der Waals surface area contributed by atoms with Crippen LogP contribution in [0.25, 0.3) is 0 Å². The topological polar surface area (TPSA) is 113 Å². The Bertz CT molecular complexity index is 235. The summed E-state index contributed by atoms with van der Waals surface area (Å²) in [5.74, 6) is -0.918.